The number of nitrogens with zero attached hydrogens (tertiary/aromatic N) is 1. The Labute approximate surface area is 126 Å². The van der Waals surface area contributed by atoms with E-state index in [-0.39, 0.29) is 17.4 Å². The number of rotatable bonds is 4. The summed E-state index contributed by atoms with van der Waals surface area (Å²) in [6, 6.07) is 5.09. The predicted octanol–water partition coefficient (Wildman–Crippen LogP) is 2.48. The molecular weight excluding hydrogens is 266 g/mol. The SMILES string of the molecule is C#CC(N=C(N)Nc1ccc(OC)c(OC)c1)C(C)(C)C. The van der Waals surface area contributed by atoms with Crippen LogP contribution in [0.4, 0.5) is 5.69 Å². The molecule has 0 saturated carbocycles. The maximum absolute atomic E-state index is 5.91. The molecule has 1 aromatic rings. The van der Waals surface area contributed by atoms with E-state index >= 15 is 0 Å². The summed E-state index contributed by atoms with van der Waals surface area (Å²) in [6.45, 7) is 6.06. The van der Waals surface area contributed by atoms with Crippen LogP contribution in [0.25, 0.3) is 0 Å². The molecule has 5 nitrogen and oxygen atoms in total. The summed E-state index contributed by atoms with van der Waals surface area (Å²) in [5.41, 5.74) is 6.51. The lowest BCUT2D eigenvalue weighted by Crippen LogP contribution is -2.30. The van der Waals surface area contributed by atoms with Crippen molar-refractivity contribution < 1.29 is 9.47 Å². The number of methoxy groups -OCH3 is 2. The maximum atomic E-state index is 5.91. The number of ether oxygens (including phenoxy) is 2. The van der Waals surface area contributed by atoms with Gasteiger partial charge in [0.25, 0.3) is 0 Å². The summed E-state index contributed by atoms with van der Waals surface area (Å²) in [6.07, 6.45) is 5.51. The average Bonchev–Trinajstić information content (AvgIpc) is 2.43. The normalized spacial score (nSPS) is 13.2. The highest BCUT2D eigenvalue weighted by molar-refractivity contribution is 5.92. The van der Waals surface area contributed by atoms with Crippen LogP contribution in [0.3, 0.4) is 0 Å². The van der Waals surface area contributed by atoms with Gasteiger partial charge in [-0.25, -0.2) is 4.99 Å². The summed E-state index contributed by atoms with van der Waals surface area (Å²) >= 11 is 0. The number of hydrogen-bond acceptors (Lipinski definition) is 3. The van der Waals surface area contributed by atoms with E-state index in [2.05, 4.69) is 16.2 Å². The molecule has 0 aliphatic carbocycles. The summed E-state index contributed by atoms with van der Waals surface area (Å²) in [4.78, 5) is 4.33. The van der Waals surface area contributed by atoms with Crippen molar-refractivity contribution in [1.29, 1.82) is 0 Å². The Bertz CT molecular complexity index is 554. The van der Waals surface area contributed by atoms with Gasteiger partial charge in [0.1, 0.15) is 6.04 Å². The Hall–Kier alpha value is -2.35. The highest BCUT2D eigenvalue weighted by Crippen LogP contribution is 2.29. The van der Waals surface area contributed by atoms with Crippen molar-refractivity contribution in [2.24, 2.45) is 16.1 Å². The van der Waals surface area contributed by atoms with E-state index in [0.717, 1.165) is 5.69 Å². The van der Waals surface area contributed by atoms with Crippen LogP contribution < -0.4 is 20.5 Å². The molecule has 0 aliphatic rings. The molecule has 0 radical (unpaired) electrons. The lowest BCUT2D eigenvalue weighted by Gasteiger charge is -2.23. The predicted molar refractivity (Wildman–Crippen MR) is 86.9 cm³/mol. The third kappa shape index (κ3) is 4.60. The minimum absolute atomic E-state index is 0.154. The molecule has 0 fully saturated rings. The summed E-state index contributed by atoms with van der Waals surface area (Å²) in [7, 11) is 3.16. The lowest BCUT2D eigenvalue weighted by atomic mass is 9.88. The van der Waals surface area contributed by atoms with Crippen molar-refractivity contribution in [2.75, 3.05) is 19.5 Å². The van der Waals surface area contributed by atoms with Crippen molar-refractivity contribution in [2.45, 2.75) is 26.8 Å². The Balaban J connectivity index is 2.93. The van der Waals surface area contributed by atoms with E-state index in [4.69, 9.17) is 21.6 Å². The zero-order valence-electron chi connectivity index (χ0n) is 13.2. The molecule has 1 unspecified atom stereocenters. The van der Waals surface area contributed by atoms with Gasteiger partial charge in [-0.3, -0.25) is 0 Å². The van der Waals surface area contributed by atoms with Gasteiger partial charge in [0, 0.05) is 11.8 Å². The number of aliphatic imine (C=N–C) groups is 1. The number of anilines is 1. The number of guanidine groups is 1. The van der Waals surface area contributed by atoms with Crippen LogP contribution in [-0.4, -0.2) is 26.2 Å². The molecule has 0 saturated heterocycles. The standard InChI is InChI=1S/C16H23N3O2/c1-7-14(16(2,3)4)19-15(17)18-11-8-9-12(20-5)13(10-11)21-6/h1,8-10,14H,2-6H3,(H3,17,18,19). The third-order valence-corrected chi connectivity index (χ3v) is 2.90. The molecule has 1 rings (SSSR count). The second-order valence-electron chi connectivity index (χ2n) is 5.64. The minimum atomic E-state index is -0.301. The molecule has 0 amide bonds. The molecule has 0 heterocycles. The molecular formula is C16H23N3O2. The van der Waals surface area contributed by atoms with E-state index in [9.17, 15) is 0 Å². The summed E-state index contributed by atoms with van der Waals surface area (Å²) < 4.78 is 10.4. The second kappa shape index (κ2) is 6.89. The zero-order chi connectivity index (χ0) is 16.0. The number of nitrogens with one attached hydrogen (secondary N) is 1. The molecule has 5 heteroatoms. The van der Waals surface area contributed by atoms with E-state index in [0.29, 0.717) is 11.5 Å². The van der Waals surface area contributed by atoms with E-state index in [1.807, 2.05) is 26.8 Å². The van der Waals surface area contributed by atoms with Crippen molar-refractivity contribution in [3.8, 4) is 23.8 Å². The smallest absolute Gasteiger partial charge is 0.194 e. The monoisotopic (exact) mass is 289 g/mol. The Morgan fingerprint density at radius 1 is 1.29 bits per heavy atom. The molecule has 0 aliphatic heterocycles. The average molecular weight is 289 g/mol. The molecule has 114 valence electrons. The molecule has 1 aromatic carbocycles. The van der Waals surface area contributed by atoms with Crippen LogP contribution in [0, 0.1) is 17.8 Å². The van der Waals surface area contributed by atoms with Crippen LogP contribution >= 0.6 is 0 Å². The van der Waals surface area contributed by atoms with Crippen molar-refractivity contribution in [3.05, 3.63) is 18.2 Å². The van der Waals surface area contributed by atoms with Crippen LogP contribution in [0.15, 0.2) is 23.2 Å². The first-order chi connectivity index (χ1) is 9.81. The summed E-state index contributed by atoms with van der Waals surface area (Å²) in [5, 5.41) is 3.00. The van der Waals surface area contributed by atoms with Crippen molar-refractivity contribution in [1.82, 2.24) is 0 Å². The number of hydrogen-bond donors (Lipinski definition) is 2. The zero-order valence-corrected chi connectivity index (χ0v) is 13.2. The van der Waals surface area contributed by atoms with Gasteiger partial charge in [0.05, 0.1) is 14.2 Å². The van der Waals surface area contributed by atoms with Crippen molar-refractivity contribution >= 4 is 11.6 Å². The quantitative estimate of drug-likeness (QED) is 0.507. The fourth-order valence-electron chi connectivity index (χ4n) is 1.71. The number of nitrogens with two attached hydrogens (primary N) is 1. The van der Waals surface area contributed by atoms with E-state index < -0.39 is 0 Å². The lowest BCUT2D eigenvalue weighted by molar-refractivity contribution is 0.355. The Kier molecular flexibility index (Phi) is 5.48. The third-order valence-electron chi connectivity index (χ3n) is 2.90. The number of benzene rings is 1. The van der Waals surface area contributed by atoms with Crippen LogP contribution in [0.2, 0.25) is 0 Å². The molecule has 0 bridgehead atoms. The second-order valence-corrected chi connectivity index (χ2v) is 5.64. The van der Waals surface area contributed by atoms with E-state index in [1.54, 1.807) is 26.4 Å². The largest absolute Gasteiger partial charge is 0.493 e. The van der Waals surface area contributed by atoms with Crippen molar-refractivity contribution in [3.63, 3.8) is 0 Å². The first kappa shape index (κ1) is 16.7. The number of terminal acetylenes is 1. The first-order valence-electron chi connectivity index (χ1n) is 6.60. The van der Waals surface area contributed by atoms with E-state index in [1.165, 1.54) is 0 Å². The summed E-state index contributed by atoms with van der Waals surface area (Å²) in [5.74, 6) is 4.17. The molecule has 1 atom stereocenters. The Morgan fingerprint density at radius 3 is 2.38 bits per heavy atom. The van der Waals surface area contributed by atoms with Gasteiger partial charge in [0.2, 0.25) is 0 Å². The van der Waals surface area contributed by atoms with Crippen LogP contribution in [0.5, 0.6) is 11.5 Å². The Morgan fingerprint density at radius 2 is 1.90 bits per heavy atom. The minimum Gasteiger partial charge on any atom is -0.493 e. The topological polar surface area (TPSA) is 68.9 Å². The van der Waals surface area contributed by atoms with Gasteiger partial charge >= 0.3 is 0 Å². The first-order valence-corrected chi connectivity index (χ1v) is 6.60. The van der Waals surface area contributed by atoms with Gasteiger partial charge in [-0.1, -0.05) is 26.7 Å². The molecule has 0 spiro atoms. The van der Waals surface area contributed by atoms with Gasteiger partial charge in [-0.15, -0.1) is 6.42 Å². The van der Waals surface area contributed by atoms with Gasteiger partial charge in [-0.05, 0) is 17.5 Å². The van der Waals surface area contributed by atoms with Gasteiger partial charge in [0.15, 0.2) is 17.5 Å². The van der Waals surface area contributed by atoms with Crippen LogP contribution in [-0.2, 0) is 0 Å². The highest BCUT2D eigenvalue weighted by Gasteiger charge is 2.22. The van der Waals surface area contributed by atoms with Crippen LogP contribution in [0.1, 0.15) is 20.8 Å². The maximum Gasteiger partial charge on any atom is 0.194 e. The van der Waals surface area contributed by atoms with Gasteiger partial charge in [-0.2, -0.15) is 0 Å². The molecule has 0 aromatic heterocycles. The molecule has 21 heavy (non-hydrogen) atoms. The van der Waals surface area contributed by atoms with Gasteiger partial charge < -0.3 is 20.5 Å². The fraction of sp³-hybridized carbons (Fsp3) is 0.438. The highest BCUT2D eigenvalue weighted by atomic mass is 16.5. The molecule has 3 N–H and O–H groups in total. The fourth-order valence-corrected chi connectivity index (χ4v) is 1.71.